The highest BCUT2D eigenvalue weighted by Crippen LogP contribution is 2.42. The van der Waals surface area contributed by atoms with Crippen molar-refractivity contribution in [3.05, 3.63) is 60.2 Å². The second-order valence-electron chi connectivity index (χ2n) is 7.84. The molecule has 1 N–H and O–H groups in total. The number of rotatable bonds is 5. The van der Waals surface area contributed by atoms with Gasteiger partial charge in [0.2, 0.25) is 0 Å². The lowest BCUT2D eigenvalue weighted by Gasteiger charge is -2.42. The first-order valence-electron chi connectivity index (χ1n) is 9.92. The van der Waals surface area contributed by atoms with Crippen molar-refractivity contribution in [1.82, 2.24) is 10.2 Å². The third-order valence-electron chi connectivity index (χ3n) is 5.96. The molecule has 0 bridgehead atoms. The lowest BCUT2D eigenvalue weighted by atomic mass is 9.89. The van der Waals surface area contributed by atoms with Gasteiger partial charge in [0.25, 0.3) is 5.91 Å². The molecule has 27 heavy (non-hydrogen) atoms. The Morgan fingerprint density at radius 2 is 1.89 bits per heavy atom. The van der Waals surface area contributed by atoms with Gasteiger partial charge in [0.05, 0.1) is 6.04 Å². The Morgan fingerprint density at radius 3 is 2.59 bits per heavy atom. The van der Waals surface area contributed by atoms with E-state index in [1.807, 2.05) is 30.1 Å². The van der Waals surface area contributed by atoms with E-state index in [1.54, 1.807) is 0 Å². The lowest BCUT2D eigenvalue weighted by Crippen LogP contribution is -2.58. The molecule has 0 spiro atoms. The number of carbonyl (C=O) groups is 1. The quantitative estimate of drug-likeness (QED) is 0.868. The molecule has 0 aromatic heterocycles. The minimum Gasteiger partial charge on any atom is -0.335 e. The van der Waals surface area contributed by atoms with Crippen LogP contribution in [0.3, 0.4) is 0 Å². The minimum atomic E-state index is -1.60. The van der Waals surface area contributed by atoms with Gasteiger partial charge in [0, 0.05) is 12.6 Å². The fourth-order valence-corrected chi connectivity index (χ4v) is 4.23. The summed E-state index contributed by atoms with van der Waals surface area (Å²) >= 11 is 0. The number of carbonyl (C=O) groups excluding carboxylic acids is 1. The zero-order valence-corrected chi connectivity index (χ0v) is 15.8. The van der Waals surface area contributed by atoms with Gasteiger partial charge < -0.3 is 10.2 Å². The fourth-order valence-electron chi connectivity index (χ4n) is 4.23. The Hall–Kier alpha value is -2.20. The van der Waals surface area contributed by atoms with Gasteiger partial charge in [-0.2, -0.15) is 0 Å². The molecule has 0 radical (unpaired) electrons. The Morgan fingerprint density at radius 1 is 1.15 bits per heavy atom. The fraction of sp³-hybridized carbons (Fsp3) is 0.435. The number of likely N-dealkylation sites (N-methyl/N-ethyl adjacent to an activating group) is 1. The summed E-state index contributed by atoms with van der Waals surface area (Å²) in [5.74, 6) is -0.299. The summed E-state index contributed by atoms with van der Waals surface area (Å²) in [4.78, 5) is 14.6. The smallest absolute Gasteiger partial charge is 0.260 e. The average Bonchev–Trinajstić information content (AvgIpc) is 3.47. The number of piperidine rings is 1. The van der Waals surface area contributed by atoms with E-state index in [9.17, 15) is 9.18 Å². The van der Waals surface area contributed by atoms with Gasteiger partial charge in [-0.15, -0.1) is 0 Å². The maximum atomic E-state index is 14.5. The summed E-state index contributed by atoms with van der Waals surface area (Å²) in [5, 5.41) is 3.36. The molecule has 1 amide bonds. The van der Waals surface area contributed by atoms with E-state index < -0.39 is 5.67 Å². The summed E-state index contributed by atoms with van der Waals surface area (Å²) in [6, 6.07) is 19.0. The van der Waals surface area contributed by atoms with E-state index in [2.05, 4.69) is 41.7 Å². The zero-order valence-electron chi connectivity index (χ0n) is 15.8. The van der Waals surface area contributed by atoms with Gasteiger partial charge >= 0.3 is 0 Å². The van der Waals surface area contributed by atoms with Crippen molar-refractivity contribution < 1.29 is 9.18 Å². The van der Waals surface area contributed by atoms with Gasteiger partial charge in [-0.1, -0.05) is 54.6 Å². The number of nitrogens with one attached hydrogen (secondary N) is 1. The maximum absolute atomic E-state index is 14.5. The number of alkyl halides is 1. The summed E-state index contributed by atoms with van der Waals surface area (Å²) in [5.41, 5.74) is 1.94. The van der Waals surface area contributed by atoms with Crippen LogP contribution >= 0.6 is 0 Å². The van der Waals surface area contributed by atoms with Crippen LogP contribution < -0.4 is 5.32 Å². The van der Waals surface area contributed by atoms with Crippen LogP contribution in [-0.2, 0) is 11.2 Å². The van der Waals surface area contributed by atoms with Crippen LogP contribution in [0, 0.1) is 0 Å². The number of likely N-dealkylation sites (tertiary alicyclic amines) is 1. The van der Waals surface area contributed by atoms with Crippen LogP contribution in [0.2, 0.25) is 0 Å². The van der Waals surface area contributed by atoms with Crippen molar-refractivity contribution >= 4 is 5.91 Å². The van der Waals surface area contributed by atoms with E-state index in [0.717, 1.165) is 19.3 Å². The number of nitrogens with zero attached hydrogens (tertiary/aromatic N) is 1. The number of amides is 1. The first-order valence-corrected chi connectivity index (χ1v) is 9.92. The van der Waals surface area contributed by atoms with Crippen molar-refractivity contribution in [3.8, 4) is 11.1 Å². The Kier molecular flexibility index (Phi) is 5.00. The highest BCUT2D eigenvalue weighted by molar-refractivity contribution is 5.88. The van der Waals surface area contributed by atoms with E-state index in [4.69, 9.17) is 0 Å². The van der Waals surface area contributed by atoms with Gasteiger partial charge in [-0.25, -0.2) is 4.39 Å². The third-order valence-corrected chi connectivity index (χ3v) is 5.96. The van der Waals surface area contributed by atoms with Gasteiger partial charge in [-0.3, -0.25) is 4.79 Å². The normalized spacial score (nSPS) is 23.9. The molecule has 4 heteroatoms. The summed E-state index contributed by atoms with van der Waals surface area (Å²) in [7, 11) is 1.94. The topological polar surface area (TPSA) is 32.3 Å². The van der Waals surface area contributed by atoms with Crippen molar-refractivity contribution in [1.29, 1.82) is 0 Å². The molecule has 1 heterocycles. The maximum Gasteiger partial charge on any atom is 0.260 e. The first-order chi connectivity index (χ1) is 13.1. The standard InChI is InChI=1S/C23H27FN2O/c1-25-20-11-6-14-26(22(27)23(24)12-13-23)21(20)16-17-7-5-10-19(15-17)18-8-3-2-4-9-18/h2-5,7-10,15,20-21,25H,6,11-14,16H2,1H3. The number of halogens is 1. The van der Waals surface area contributed by atoms with Crippen molar-refractivity contribution in [2.24, 2.45) is 0 Å². The third kappa shape index (κ3) is 3.77. The molecule has 2 aliphatic rings. The van der Waals surface area contributed by atoms with Crippen molar-refractivity contribution in [2.45, 2.75) is 49.9 Å². The highest BCUT2D eigenvalue weighted by Gasteiger charge is 2.54. The SMILES string of the molecule is CNC1CCCN(C(=O)C2(F)CC2)C1Cc1cccc(-c2ccccc2)c1. The van der Waals surface area contributed by atoms with E-state index >= 15 is 0 Å². The molecule has 1 saturated heterocycles. The summed E-state index contributed by atoms with van der Waals surface area (Å²) in [6.07, 6.45) is 3.44. The van der Waals surface area contributed by atoms with Crippen LogP contribution in [-0.4, -0.2) is 42.2 Å². The molecule has 2 fully saturated rings. The first kappa shape index (κ1) is 18.2. The average molecular weight is 366 g/mol. The van der Waals surface area contributed by atoms with Crippen LogP contribution in [0.15, 0.2) is 54.6 Å². The molecule has 4 rings (SSSR count). The van der Waals surface area contributed by atoms with E-state index in [0.29, 0.717) is 19.4 Å². The molecular weight excluding hydrogens is 339 g/mol. The predicted molar refractivity (Wildman–Crippen MR) is 106 cm³/mol. The Labute approximate surface area is 160 Å². The predicted octanol–water partition coefficient (Wildman–Crippen LogP) is 3.98. The highest BCUT2D eigenvalue weighted by atomic mass is 19.1. The van der Waals surface area contributed by atoms with Crippen LogP contribution in [0.5, 0.6) is 0 Å². The van der Waals surface area contributed by atoms with E-state index in [1.165, 1.54) is 16.7 Å². The number of hydrogen-bond donors (Lipinski definition) is 1. The number of hydrogen-bond acceptors (Lipinski definition) is 2. The van der Waals surface area contributed by atoms with Crippen LogP contribution in [0.1, 0.15) is 31.2 Å². The minimum absolute atomic E-state index is 0.00417. The van der Waals surface area contributed by atoms with E-state index in [-0.39, 0.29) is 18.0 Å². The summed E-state index contributed by atoms with van der Waals surface area (Å²) < 4.78 is 14.5. The van der Waals surface area contributed by atoms with Gasteiger partial charge in [0.1, 0.15) is 0 Å². The molecule has 1 aliphatic heterocycles. The Balaban J connectivity index is 1.59. The molecule has 2 aromatic rings. The lowest BCUT2D eigenvalue weighted by molar-refractivity contribution is -0.142. The monoisotopic (exact) mass is 366 g/mol. The second-order valence-corrected chi connectivity index (χ2v) is 7.84. The number of benzene rings is 2. The molecule has 2 aromatic carbocycles. The molecule has 1 aliphatic carbocycles. The van der Waals surface area contributed by atoms with Crippen molar-refractivity contribution in [2.75, 3.05) is 13.6 Å². The Bertz CT molecular complexity index is 803. The van der Waals surface area contributed by atoms with Crippen molar-refractivity contribution in [3.63, 3.8) is 0 Å². The van der Waals surface area contributed by atoms with Gasteiger partial charge in [-0.05, 0) is 55.8 Å². The molecule has 2 atom stereocenters. The van der Waals surface area contributed by atoms with Crippen LogP contribution in [0.25, 0.3) is 11.1 Å². The largest absolute Gasteiger partial charge is 0.335 e. The van der Waals surface area contributed by atoms with Gasteiger partial charge in [0.15, 0.2) is 5.67 Å². The molecule has 2 unspecified atom stereocenters. The zero-order chi connectivity index (χ0) is 18.9. The second kappa shape index (κ2) is 7.43. The van der Waals surface area contributed by atoms with Crippen LogP contribution in [0.4, 0.5) is 4.39 Å². The summed E-state index contributed by atoms with van der Waals surface area (Å²) in [6.45, 7) is 0.658. The molecular formula is C23H27FN2O. The molecule has 1 saturated carbocycles. The molecule has 142 valence electrons. The molecule has 3 nitrogen and oxygen atoms in total.